The lowest BCUT2D eigenvalue weighted by molar-refractivity contribution is -0.384. The molecular formula is C23H18ClN5O3S. The number of nitro groups is 1. The zero-order chi connectivity index (χ0) is 23.4. The molecule has 0 bridgehead atoms. The number of non-ortho nitro benzene ring substituents is 1. The average molecular weight is 480 g/mol. The Morgan fingerprint density at radius 3 is 2.61 bits per heavy atom. The molecule has 166 valence electrons. The maximum atomic E-state index is 12.5. The number of benzene rings is 3. The van der Waals surface area contributed by atoms with E-state index in [1.807, 2.05) is 43.3 Å². The van der Waals surface area contributed by atoms with E-state index in [1.165, 1.54) is 23.9 Å². The first-order valence-corrected chi connectivity index (χ1v) is 11.2. The van der Waals surface area contributed by atoms with Gasteiger partial charge in [-0.15, -0.1) is 10.2 Å². The summed E-state index contributed by atoms with van der Waals surface area (Å²) in [6.45, 7) is 1.89. The van der Waals surface area contributed by atoms with E-state index in [9.17, 15) is 14.9 Å². The van der Waals surface area contributed by atoms with Crippen molar-refractivity contribution in [1.82, 2.24) is 14.8 Å². The minimum Gasteiger partial charge on any atom is -0.325 e. The molecular weight excluding hydrogens is 462 g/mol. The first-order chi connectivity index (χ1) is 15.9. The van der Waals surface area contributed by atoms with Gasteiger partial charge in [0.2, 0.25) is 5.91 Å². The molecule has 0 spiro atoms. The topological polar surface area (TPSA) is 103 Å². The zero-order valence-electron chi connectivity index (χ0n) is 17.4. The first kappa shape index (κ1) is 22.5. The van der Waals surface area contributed by atoms with Crippen LogP contribution in [0.15, 0.2) is 78.0 Å². The number of hydrogen-bond acceptors (Lipinski definition) is 6. The molecule has 0 radical (unpaired) electrons. The summed E-state index contributed by atoms with van der Waals surface area (Å²) in [5.41, 5.74) is 2.82. The Hall–Kier alpha value is -3.69. The Labute approximate surface area is 198 Å². The molecule has 1 amide bonds. The summed E-state index contributed by atoms with van der Waals surface area (Å²) in [4.78, 5) is 23.3. The minimum absolute atomic E-state index is 0.0412. The number of thioether (sulfide) groups is 1. The fraction of sp³-hybridized carbons (Fsp3) is 0.0870. The molecule has 4 aromatic rings. The molecule has 1 heterocycles. The highest BCUT2D eigenvalue weighted by molar-refractivity contribution is 7.99. The third kappa shape index (κ3) is 5.21. The standard InChI is InChI=1S/C23H18ClN5O3S/c1-15-10-11-17(13-20(15)24)25-21(30)14-33-23-27-26-22(28(23)18-7-3-2-4-8-18)16-6-5-9-19(12-16)29(31)32/h2-13H,14H2,1H3,(H,25,30). The number of nitro benzene ring substituents is 1. The van der Waals surface area contributed by atoms with Crippen LogP contribution in [0, 0.1) is 17.0 Å². The third-order valence-electron chi connectivity index (χ3n) is 4.75. The number of anilines is 1. The number of aromatic nitrogens is 3. The molecule has 0 aliphatic heterocycles. The smallest absolute Gasteiger partial charge is 0.270 e. The lowest BCUT2D eigenvalue weighted by Gasteiger charge is -2.11. The van der Waals surface area contributed by atoms with Crippen LogP contribution in [0.5, 0.6) is 0 Å². The maximum Gasteiger partial charge on any atom is 0.270 e. The maximum absolute atomic E-state index is 12.5. The van der Waals surface area contributed by atoms with Crippen molar-refractivity contribution in [2.24, 2.45) is 0 Å². The molecule has 0 saturated carbocycles. The van der Waals surface area contributed by atoms with Crippen molar-refractivity contribution in [1.29, 1.82) is 0 Å². The van der Waals surface area contributed by atoms with Gasteiger partial charge in [0.1, 0.15) is 0 Å². The van der Waals surface area contributed by atoms with Crippen molar-refractivity contribution < 1.29 is 9.72 Å². The average Bonchev–Trinajstić information content (AvgIpc) is 3.25. The quantitative estimate of drug-likeness (QED) is 0.212. The number of carbonyl (C=O) groups is 1. The molecule has 4 rings (SSSR count). The number of carbonyl (C=O) groups excluding carboxylic acids is 1. The largest absolute Gasteiger partial charge is 0.325 e. The van der Waals surface area contributed by atoms with Crippen LogP contribution in [0.2, 0.25) is 5.02 Å². The Morgan fingerprint density at radius 1 is 1.09 bits per heavy atom. The highest BCUT2D eigenvalue weighted by Crippen LogP contribution is 2.30. The zero-order valence-corrected chi connectivity index (χ0v) is 19.0. The van der Waals surface area contributed by atoms with E-state index in [0.29, 0.717) is 27.3 Å². The lowest BCUT2D eigenvalue weighted by Crippen LogP contribution is -2.14. The van der Waals surface area contributed by atoms with Crippen molar-refractivity contribution in [3.05, 3.63) is 93.5 Å². The van der Waals surface area contributed by atoms with Crippen molar-refractivity contribution in [3.63, 3.8) is 0 Å². The summed E-state index contributed by atoms with van der Waals surface area (Å²) >= 11 is 7.34. The molecule has 1 N–H and O–H groups in total. The second kappa shape index (κ2) is 9.85. The highest BCUT2D eigenvalue weighted by atomic mass is 35.5. The van der Waals surface area contributed by atoms with Crippen molar-refractivity contribution in [2.75, 3.05) is 11.1 Å². The van der Waals surface area contributed by atoms with Gasteiger partial charge in [0, 0.05) is 34.1 Å². The number of amides is 1. The van der Waals surface area contributed by atoms with Crippen LogP contribution in [0.3, 0.4) is 0 Å². The Morgan fingerprint density at radius 2 is 1.88 bits per heavy atom. The molecule has 10 heteroatoms. The van der Waals surface area contributed by atoms with Crippen molar-refractivity contribution in [3.8, 4) is 17.1 Å². The van der Waals surface area contributed by atoms with E-state index in [4.69, 9.17) is 11.6 Å². The lowest BCUT2D eigenvalue weighted by atomic mass is 10.2. The van der Waals surface area contributed by atoms with Gasteiger partial charge in [-0.2, -0.15) is 0 Å². The number of nitrogens with zero attached hydrogens (tertiary/aromatic N) is 4. The molecule has 3 aromatic carbocycles. The molecule has 0 aliphatic carbocycles. The fourth-order valence-electron chi connectivity index (χ4n) is 3.12. The summed E-state index contributed by atoms with van der Waals surface area (Å²) in [7, 11) is 0. The van der Waals surface area contributed by atoms with Gasteiger partial charge in [-0.1, -0.05) is 59.8 Å². The predicted octanol–water partition coefficient (Wildman–Crippen LogP) is 5.54. The second-order valence-corrected chi connectivity index (χ2v) is 8.44. The number of nitrogens with one attached hydrogen (secondary N) is 1. The van der Waals surface area contributed by atoms with Gasteiger partial charge in [-0.25, -0.2) is 0 Å². The number of halogens is 1. The van der Waals surface area contributed by atoms with Gasteiger partial charge in [-0.05, 0) is 36.8 Å². The minimum atomic E-state index is -0.454. The third-order valence-corrected chi connectivity index (χ3v) is 6.09. The van der Waals surface area contributed by atoms with Gasteiger partial charge < -0.3 is 5.32 Å². The van der Waals surface area contributed by atoms with E-state index in [-0.39, 0.29) is 17.3 Å². The van der Waals surface area contributed by atoms with E-state index in [0.717, 1.165) is 11.3 Å². The summed E-state index contributed by atoms with van der Waals surface area (Å²) in [5.74, 6) is 0.309. The van der Waals surface area contributed by atoms with E-state index < -0.39 is 4.92 Å². The van der Waals surface area contributed by atoms with Crippen LogP contribution in [0.1, 0.15) is 5.56 Å². The first-order valence-electron chi connectivity index (χ1n) is 9.87. The monoisotopic (exact) mass is 479 g/mol. The van der Waals surface area contributed by atoms with Gasteiger partial charge in [0.05, 0.1) is 10.7 Å². The van der Waals surface area contributed by atoms with Crippen LogP contribution in [0.25, 0.3) is 17.1 Å². The van der Waals surface area contributed by atoms with Crippen LogP contribution in [-0.2, 0) is 4.79 Å². The number of rotatable bonds is 7. The van der Waals surface area contributed by atoms with Crippen LogP contribution in [-0.4, -0.2) is 31.3 Å². The molecule has 8 nitrogen and oxygen atoms in total. The van der Waals surface area contributed by atoms with E-state index >= 15 is 0 Å². The van der Waals surface area contributed by atoms with Crippen LogP contribution in [0.4, 0.5) is 11.4 Å². The number of hydrogen-bond donors (Lipinski definition) is 1. The second-order valence-electron chi connectivity index (χ2n) is 7.09. The molecule has 0 aliphatic rings. The molecule has 0 saturated heterocycles. The Bertz CT molecular complexity index is 1330. The van der Waals surface area contributed by atoms with E-state index in [1.54, 1.807) is 28.8 Å². The van der Waals surface area contributed by atoms with Crippen molar-refractivity contribution in [2.45, 2.75) is 12.1 Å². The molecule has 0 atom stereocenters. The van der Waals surface area contributed by atoms with Crippen LogP contribution >= 0.6 is 23.4 Å². The molecule has 0 unspecified atom stereocenters. The Balaban J connectivity index is 1.61. The summed E-state index contributed by atoms with van der Waals surface area (Å²) in [5, 5.41) is 23.6. The molecule has 33 heavy (non-hydrogen) atoms. The van der Waals surface area contributed by atoms with Gasteiger partial charge >= 0.3 is 0 Å². The molecule has 0 fully saturated rings. The summed E-state index contributed by atoms with van der Waals surface area (Å²) < 4.78 is 1.78. The number of aryl methyl sites for hydroxylation is 1. The highest BCUT2D eigenvalue weighted by Gasteiger charge is 2.19. The summed E-state index contributed by atoms with van der Waals surface area (Å²) in [6, 6.07) is 20.9. The fourth-order valence-corrected chi connectivity index (χ4v) is 4.05. The molecule has 1 aromatic heterocycles. The van der Waals surface area contributed by atoms with Gasteiger partial charge in [0.15, 0.2) is 11.0 Å². The number of para-hydroxylation sites is 1. The normalized spacial score (nSPS) is 10.7. The Kier molecular flexibility index (Phi) is 6.71. The van der Waals surface area contributed by atoms with Gasteiger partial charge in [0.25, 0.3) is 5.69 Å². The van der Waals surface area contributed by atoms with Gasteiger partial charge in [-0.3, -0.25) is 19.5 Å². The SMILES string of the molecule is Cc1ccc(NC(=O)CSc2nnc(-c3cccc([N+](=O)[O-])c3)n2-c2ccccc2)cc1Cl. The van der Waals surface area contributed by atoms with Crippen LogP contribution < -0.4 is 5.32 Å². The van der Waals surface area contributed by atoms with E-state index in [2.05, 4.69) is 15.5 Å². The summed E-state index contributed by atoms with van der Waals surface area (Å²) in [6.07, 6.45) is 0. The van der Waals surface area contributed by atoms with Crippen molar-refractivity contribution >= 4 is 40.6 Å². The predicted molar refractivity (Wildman–Crippen MR) is 129 cm³/mol.